The van der Waals surface area contributed by atoms with E-state index in [9.17, 15) is 4.79 Å². The molecule has 25 heavy (non-hydrogen) atoms. The lowest BCUT2D eigenvalue weighted by Gasteiger charge is -2.11. The molecule has 2 aromatic rings. The maximum Gasteiger partial charge on any atom is 0.243 e. The van der Waals surface area contributed by atoms with Crippen molar-refractivity contribution in [3.8, 4) is 17.2 Å². The van der Waals surface area contributed by atoms with E-state index in [1.54, 1.807) is 24.3 Å². The maximum absolute atomic E-state index is 11.6. The number of benzene rings is 2. The van der Waals surface area contributed by atoms with Crippen LogP contribution in [-0.2, 0) is 4.79 Å². The highest BCUT2D eigenvalue weighted by Gasteiger charge is 2.11. The second-order valence-electron chi connectivity index (χ2n) is 5.58. The van der Waals surface area contributed by atoms with Crippen molar-refractivity contribution in [3.63, 3.8) is 0 Å². The van der Waals surface area contributed by atoms with Gasteiger partial charge in [0.1, 0.15) is 23.3 Å². The van der Waals surface area contributed by atoms with Gasteiger partial charge in [0.05, 0.1) is 13.2 Å². The highest BCUT2D eigenvalue weighted by molar-refractivity contribution is 5.94. The Balaban J connectivity index is 1.89. The van der Waals surface area contributed by atoms with Crippen LogP contribution >= 0.6 is 0 Å². The number of nitrogens with one attached hydrogen (secondary N) is 1. The van der Waals surface area contributed by atoms with E-state index in [1.165, 1.54) is 0 Å². The summed E-state index contributed by atoms with van der Waals surface area (Å²) < 4.78 is 11.4. The summed E-state index contributed by atoms with van der Waals surface area (Å²) in [6.07, 6.45) is 2.13. The predicted octanol–water partition coefficient (Wildman–Crippen LogP) is 2.92. The summed E-state index contributed by atoms with van der Waals surface area (Å²) in [6.45, 7) is 2.44. The smallest absolute Gasteiger partial charge is 0.243 e. The molecule has 0 saturated carbocycles. The number of anilines is 1. The number of amides is 1. The zero-order chi connectivity index (χ0) is 18.1. The lowest BCUT2D eigenvalue weighted by Crippen LogP contribution is -2.38. The van der Waals surface area contributed by atoms with E-state index in [1.807, 2.05) is 24.3 Å². The molecule has 0 aliphatic rings. The highest BCUT2D eigenvalue weighted by atomic mass is 16.5. The van der Waals surface area contributed by atoms with Crippen LogP contribution in [0, 0.1) is 0 Å². The molecule has 1 atom stereocenters. The average molecular weight is 344 g/mol. The Labute approximate surface area is 147 Å². The van der Waals surface area contributed by atoms with Crippen LogP contribution < -0.4 is 20.5 Å². The number of unbranched alkanes of at least 4 members (excludes halogenated alkanes) is 1. The lowest BCUT2D eigenvalue weighted by molar-refractivity contribution is -0.118. The fourth-order valence-corrected chi connectivity index (χ4v) is 2.00. The molecule has 0 saturated heterocycles. The number of hydrogen-bond acceptors (Lipinski definition) is 5. The Hall–Kier alpha value is -2.57. The van der Waals surface area contributed by atoms with Crippen LogP contribution in [0.3, 0.4) is 0 Å². The van der Waals surface area contributed by atoms with Crippen molar-refractivity contribution in [2.75, 3.05) is 18.5 Å². The molecule has 0 spiro atoms. The summed E-state index contributed by atoms with van der Waals surface area (Å²) in [5, 5.41) is 11.5. The van der Waals surface area contributed by atoms with E-state index in [2.05, 4.69) is 12.2 Å². The minimum absolute atomic E-state index is 0.398. The second-order valence-corrected chi connectivity index (χ2v) is 5.58. The topological polar surface area (TPSA) is 93.8 Å². The van der Waals surface area contributed by atoms with E-state index in [0.29, 0.717) is 23.8 Å². The van der Waals surface area contributed by atoms with Gasteiger partial charge in [-0.25, -0.2) is 0 Å². The molecular weight excluding hydrogens is 320 g/mol. The Morgan fingerprint density at radius 1 is 1.08 bits per heavy atom. The van der Waals surface area contributed by atoms with Gasteiger partial charge in [-0.1, -0.05) is 13.3 Å². The second kappa shape index (κ2) is 9.66. The third-order valence-electron chi connectivity index (χ3n) is 3.48. The van der Waals surface area contributed by atoms with Crippen molar-refractivity contribution in [3.05, 3.63) is 48.5 Å². The van der Waals surface area contributed by atoms with Gasteiger partial charge in [0.15, 0.2) is 0 Å². The van der Waals surface area contributed by atoms with E-state index >= 15 is 0 Å². The number of ether oxygens (including phenoxy) is 2. The first-order chi connectivity index (χ1) is 12.1. The third kappa shape index (κ3) is 6.10. The molecule has 1 amide bonds. The molecule has 0 aliphatic carbocycles. The van der Waals surface area contributed by atoms with Gasteiger partial charge in [-0.05, 0) is 55.0 Å². The summed E-state index contributed by atoms with van der Waals surface area (Å²) in [7, 11) is 0. The van der Waals surface area contributed by atoms with Gasteiger partial charge in [0.2, 0.25) is 5.91 Å². The molecule has 0 bridgehead atoms. The van der Waals surface area contributed by atoms with Gasteiger partial charge in [-0.15, -0.1) is 0 Å². The van der Waals surface area contributed by atoms with Crippen molar-refractivity contribution in [1.82, 2.24) is 0 Å². The first kappa shape index (κ1) is 18.8. The molecule has 2 aromatic carbocycles. The molecule has 0 aliphatic heterocycles. The molecule has 134 valence electrons. The molecule has 6 nitrogen and oxygen atoms in total. The number of aliphatic hydroxyl groups is 1. The zero-order valence-corrected chi connectivity index (χ0v) is 14.3. The van der Waals surface area contributed by atoms with E-state index < -0.39 is 18.6 Å². The van der Waals surface area contributed by atoms with Crippen LogP contribution in [0.25, 0.3) is 0 Å². The quantitative estimate of drug-likeness (QED) is 0.608. The van der Waals surface area contributed by atoms with Gasteiger partial charge in [0, 0.05) is 5.69 Å². The number of rotatable bonds is 9. The van der Waals surface area contributed by atoms with Gasteiger partial charge in [-0.2, -0.15) is 0 Å². The molecule has 4 N–H and O–H groups in total. The monoisotopic (exact) mass is 344 g/mol. The number of nitrogens with two attached hydrogens (primary N) is 1. The molecule has 6 heteroatoms. The predicted molar refractivity (Wildman–Crippen MR) is 97.1 cm³/mol. The van der Waals surface area contributed by atoms with E-state index in [0.717, 1.165) is 18.6 Å². The first-order valence-electron chi connectivity index (χ1n) is 8.30. The molecule has 0 radical (unpaired) electrons. The zero-order valence-electron chi connectivity index (χ0n) is 14.3. The number of carbonyl (C=O) groups is 1. The van der Waals surface area contributed by atoms with Crippen molar-refractivity contribution in [2.45, 2.75) is 25.8 Å². The number of carbonyl (C=O) groups excluding carboxylic acids is 1. The van der Waals surface area contributed by atoms with Crippen molar-refractivity contribution < 1.29 is 19.4 Å². The maximum atomic E-state index is 11.6. The van der Waals surface area contributed by atoms with Crippen LogP contribution in [0.4, 0.5) is 5.69 Å². The fraction of sp³-hybridized carbons (Fsp3) is 0.316. The SMILES string of the molecule is CCCCOc1ccc(Oc2ccc(NC(=O)C(N)CO)cc2)cc1. The Kier molecular flexibility index (Phi) is 7.25. The van der Waals surface area contributed by atoms with Crippen LogP contribution in [0.1, 0.15) is 19.8 Å². The summed E-state index contributed by atoms with van der Waals surface area (Å²) in [5.74, 6) is 1.72. The molecular formula is C19H24N2O4. The van der Waals surface area contributed by atoms with Gasteiger partial charge in [-0.3, -0.25) is 4.79 Å². The molecule has 0 heterocycles. The van der Waals surface area contributed by atoms with E-state index in [4.69, 9.17) is 20.3 Å². The average Bonchev–Trinajstić information content (AvgIpc) is 2.64. The van der Waals surface area contributed by atoms with Crippen molar-refractivity contribution in [1.29, 1.82) is 0 Å². The Bertz CT molecular complexity index is 656. The normalized spacial score (nSPS) is 11.6. The van der Waals surface area contributed by atoms with Gasteiger partial charge < -0.3 is 25.6 Å². The minimum Gasteiger partial charge on any atom is -0.494 e. The van der Waals surface area contributed by atoms with Crippen LogP contribution in [0.2, 0.25) is 0 Å². The Morgan fingerprint density at radius 2 is 1.64 bits per heavy atom. The Morgan fingerprint density at radius 3 is 2.20 bits per heavy atom. The molecule has 0 fully saturated rings. The molecule has 0 aromatic heterocycles. The summed E-state index contributed by atoms with van der Waals surface area (Å²) in [4.78, 5) is 11.6. The number of aliphatic hydroxyl groups excluding tert-OH is 1. The number of hydrogen-bond donors (Lipinski definition) is 3. The molecule has 2 rings (SSSR count). The molecule has 1 unspecified atom stereocenters. The largest absolute Gasteiger partial charge is 0.494 e. The summed E-state index contributed by atoms with van der Waals surface area (Å²) >= 11 is 0. The van der Waals surface area contributed by atoms with Gasteiger partial charge in [0.25, 0.3) is 0 Å². The third-order valence-corrected chi connectivity index (χ3v) is 3.48. The van der Waals surface area contributed by atoms with Crippen molar-refractivity contribution in [2.24, 2.45) is 5.73 Å². The minimum atomic E-state index is -0.936. The first-order valence-corrected chi connectivity index (χ1v) is 8.30. The van der Waals surface area contributed by atoms with Crippen LogP contribution in [0.15, 0.2) is 48.5 Å². The summed E-state index contributed by atoms with van der Waals surface area (Å²) in [6, 6.07) is 13.4. The highest BCUT2D eigenvalue weighted by Crippen LogP contribution is 2.25. The van der Waals surface area contributed by atoms with Crippen molar-refractivity contribution >= 4 is 11.6 Å². The summed E-state index contributed by atoms with van der Waals surface area (Å²) in [5.41, 5.74) is 6.03. The standard InChI is InChI=1S/C19H24N2O4/c1-2-3-12-24-15-8-10-17(11-9-15)25-16-6-4-14(5-7-16)21-19(23)18(20)13-22/h4-11,18,22H,2-3,12-13,20H2,1H3,(H,21,23). The van der Waals surface area contributed by atoms with Gasteiger partial charge >= 0.3 is 0 Å². The fourth-order valence-electron chi connectivity index (χ4n) is 2.00. The van der Waals surface area contributed by atoms with Crippen LogP contribution in [-0.4, -0.2) is 30.3 Å². The van der Waals surface area contributed by atoms with Crippen LogP contribution in [0.5, 0.6) is 17.2 Å². The lowest BCUT2D eigenvalue weighted by atomic mass is 10.2. The van der Waals surface area contributed by atoms with E-state index in [-0.39, 0.29) is 0 Å².